The molecule has 1 aliphatic heterocycles. The van der Waals surface area contributed by atoms with Crippen LogP contribution in [0.3, 0.4) is 0 Å². The Morgan fingerprint density at radius 1 is 1.43 bits per heavy atom. The largest absolute Gasteiger partial charge is 0.345 e. The van der Waals surface area contributed by atoms with Crippen LogP contribution in [-0.4, -0.2) is 38.2 Å². The zero-order chi connectivity index (χ0) is 14.5. The second kappa shape index (κ2) is 6.89. The number of imidazole rings is 1. The lowest BCUT2D eigenvalue weighted by Gasteiger charge is -2.31. The van der Waals surface area contributed by atoms with Crippen LogP contribution in [0.2, 0.25) is 0 Å². The molecule has 2 aromatic rings. The zero-order valence-corrected chi connectivity index (χ0v) is 12.8. The van der Waals surface area contributed by atoms with Crippen molar-refractivity contribution >= 4 is 0 Å². The van der Waals surface area contributed by atoms with E-state index in [-0.39, 0.29) is 0 Å². The molecule has 0 radical (unpaired) electrons. The minimum atomic E-state index is 0.587. The lowest BCUT2D eigenvalue weighted by Crippen LogP contribution is -2.34. The lowest BCUT2D eigenvalue weighted by atomic mass is 9.95. The van der Waals surface area contributed by atoms with Crippen LogP contribution in [0.15, 0.2) is 18.5 Å². The summed E-state index contributed by atoms with van der Waals surface area (Å²) in [5.41, 5.74) is 2.51. The Kier molecular flexibility index (Phi) is 4.70. The third-order valence-electron chi connectivity index (χ3n) is 4.31. The second-order valence-electron chi connectivity index (χ2n) is 6.04. The molecule has 5 heteroatoms. The molecule has 21 heavy (non-hydrogen) atoms. The predicted octanol–water partition coefficient (Wildman–Crippen LogP) is 2.86. The van der Waals surface area contributed by atoms with Crippen LogP contribution in [0.1, 0.15) is 55.7 Å². The van der Waals surface area contributed by atoms with E-state index in [4.69, 9.17) is 0 Å². The minimum absolute atomic E-state index is 0.587. The highest BCUT2D eigenvalue weighted by Gasteiger charge is 2.22. The fourth-order valence-electron chi connectivity index (χ4n) is 3.15. The molecule has 114 valence electrons. The van der Waals surface area contributed by atoms with E-state index in [0.29, 0.717) is 5.92 Å². The third kappa shape index (κ3) is 3.73. The standard InChI is InChI=1S/C16H25N5/c1-2-3-6-16-17-10-14(19-16)12-21-9-4-5-13(11-21)15-7-8-18-20-15/h7-8,10,13H,2-6,9,11-12H2,1H3,(H,17,19)(H,18,20)/t13-/m1/s1. The Labute approximate surface area is 126 Å². The number of aromatic amines is 2. The van der Waals surface area contributed by atoms with Crippen LogP contribution >= 0.6 is 0 Å². The number of aromatic nitrogens is 4. The molecule has 0 amide bonds. The fraction of sp³-hybridized carbons (Fsp3) is 0.625. The van der Waals surface area contributed by atoms with Crippen LogP contribution < -0.4 is 0 Å². The Balaban J connectivity index is 1.56. The van der Waals surface area contributed by atoms with Crippen LogP contribution in [0, 0.1) is 0 Å². The van der Waals surface area contributed by atoms with Gasteiger partial charge in [-0.3, -0.25) is 10.00 Å². The maximum atomic E-state index is 4.49. The molecule has 3 rings (SSSR count). The topological polar surface area (TPSA) is 60.6 Å². The van der Waals surface area contributed by atoms with Crippen molar-refractivity contribution in [2.24, 2.45) is 0 Å². The van der Waals surface area contributed by atoms with Crippen molar-refractivity contribution in [1.82, 2.24) is 25.1 Å². The summed E-state index contributed by atoms with van der Waals surface area (Å²) in [5.74, 6) is 1.72. The summed E-state index contributed by atoms with van der Waals surface area (Å²) in [6.45, 7) is 5.47. The van der Waals surface area contributed by atoms with E-state index in [2.05, 4.69) is 38.1 Å². The summed E-state index contributed by atoms with van der Waals surface area (Å²) in [6, 6.07) is 2.10. The van der Waals surface area contributed by atoms with Crippen molar-refractivity contribution in [3.05, 3.63) is 35.7 Å². The summed E-state index contributed by atoms with van der Waals surface area (Å²) in [4.78, 5) is 10.5. The van der Waals surface area contributed by atoms with E-state index in [1.165, 1.54) is 43.6 Å². The number of nitrogens with one attached hydrogen (secondary N) is 2. The van der Waals surface area contributed by atoms with E-state index < -0.39 is 0 Å². The number of H-pyrrole nitrogens is 2. The first-order valence-corrected chi connectivity index (χ1v) is 8.09. The van der Waals surface area contributed by atoms with Gasteiger partial charge in [0.25, 0.3) is 0 Å². The summed E-state index contributed by atoms with van der Waals surface area (Å²) >= 11 is 0. The highest BCUT2D eigenvalue weighted by atomic mass is 15.2. The van der Waals surface area contributed by atoms with E-state index in [1.807, 2.05) is 12.4 Å². The van der Waals surface area contributed by atoms with Gasteiger partial charge in [-0.25, -0.2) is 4.98 Å². The molecular formula is C16H25N5. The van der Waals surface area contributed by atoms with Crippen molar-refractivity contribution < 1.29 is 0 Å². The smallest absolute Gasteiger partial charge is 0.106 e. The number of hydrogen-bond acceptors (Lipinski definition) is 3. The Morgan fingerprint density at radius 3 is 3.19 bits per heavy atom. The molecule has 0 spiro atoms. The SMILES string of the molecule is CCCCc1ncc(CN2CCC[C@@H](c3ccn[nH]3)C2)[nH]1. The highest BCUT2D eigenvalue weighted by molar-refractivity contribution is 5.08. The molecule has 5 nitrogen and oxygen atoms in total. The predicted molar refractivity (Wildman–Crippen MR) is 83.0 cm³/mol. The first kappa shape index (κ1) is 14.3. The zero-order valence-electron chi connectivity index (χ0n) is 12.8. The number of likely N-dealkylation sites (tertiary alicyclic amines) is 1. The maximum absolute atomic E-state index is 4.49. The number of aryl methyl sites for hydroxylation is 1. The molecule has 0 aromatic carbocycles. The molecule has 0 unspecified atom stereocenters. The molecule has 0 aliphatic carbocycles. The number of rotatable bonds is 6. The van der Waals surface area contributed by atoms with Gasteiger partial charge in [0.05, 0.1) is 0 Å². The second-order valence-corrected chi connectivity index (χ2v) is 6.04. The molecule has 1 saturated heterocycles. The Hall–Kier alpha value is -1.62. The molecule has 1 fully saturated rings. The molecule has 1 aliphatic rings. The third-order valence-corrected chi connectivity index (χ3v) is 4.31. The molecule has 1 atom stereocenters. The molecule has 2 N–H and O–H groups in total. The van der Waals surface area contributed by atoms with Crippen LogP contribution in [0.5, 0.6) is 0 Å². The van der Waals surface area contributed by atoms with E-state index in [0.717, 1.165) is 25.3 Å². The fourth-order valence-corrected chi connectivity index (χ4v) is 3.15. The molecule has 2 aromatic heterocycles. The van der Waals surface area contributed by atoms with Crippen LogP contribution in [0.25, 0.3) is 0 Å². The number of hydrogen-bond donors (Lipinski definition) is 2. The quantitative estimate of drug-likeness (QED) is 0.859. The summed E-state index contributed by atoms with van der Waals surface area (Å²) in [6.07, 6.45) is 9.85. The van der Waals surface area contributed by atoms with Crippen molar-refractivity contribution in [2.75, 3.05) is 13.1 Å². The van der Waals surface area contributed by atoms with Gasteiger partial charge in [0.2, 0.25) is 0 Å². The average Bonchev–Trinajstić information content (AvgIpc) is 3.17. The van der Waals surface area contributed by atoms with Gasteiger partial charge in [-0.1, -0.05) is 13.3 Å². The van der Waals surface area contributed by atoms with E-state index in [9.17, 15) is 0 Å². The maximum Gasteiger partial charge on any atom is 0.106 e. The molecule has 3 heterocycles. The Morgan fingerprint density at radius 2 is 2.38 bits per heavy atom. The van der Waals surface area contributed by atoms with Crippen molar-refractivity contribution in [1.29, 1.82) is 0 Å². The molecule has 0 saturated carbocycles. The van der Waals surface area contributed by atoms with Gasteiger partial charge in [-0.2, -0.15) is 5.10 Å². The monoisotopic (exact) mass is 287 g/mol. The van der Waals surface area contributed by atoms with Crippen LogP contribution in [0.4, 0.5) is 0 Å². The molecular weight excluding hydrogens is 262 g/mol. The first-order chi connectivity index (χ1) is 10.3. The van der Waals surface area contributed by atoms with Crippen molar-refractivity contribution in [3.8, 4) is 0 Å². The minimum Gasteiger partial charge on any atom is -0.345 e. The van der Waals surface area contributed by atoms with Crippen LogP contribution in [-0.2, 0) is 13.0 Å². The van der Waals surface area contributed by atoms with Gasteiger partial charge in [0.1, 0.15) is 5.82 Å². The number of unbranched alkanes of at least 4 members (excludes halogenated alkanes) is 1. The summed E-state index contributed by atoms with van der Waals surface area (Å²) < 4.78 is 0. The molecule has 0 bridgehead atoms. The number of nitrogens with zero attached hydrogens (tertiary/aromatic N) is 3. The summed E-state index contributed by atoms with van der Waals surface area (Å²) in [5, 5.41) is 7.20. The highest BCUT2D eigenvalue weighted by Crippen LogP contribution is 2.25. The van der Waals surface area contributed by atoms with Crippen molar-refractivity contribution in [2.45, 2.75) is 51.5 Å². The van der Waals surface area contributed by atoms with Gasteiger partial charge in [-0.15, -0.1) is 0 Å². The van der Waals surface area contributed by atoms with Gasteiger partial charge in [-0.05, 0) is 31.9 Å². The normalized spacial score (nSPS) is 20.0. The van der Waals surface area contributed by atoms with Gasteiger partial charge < -0.3 is 4.98 Å². The van der Waals surface area contributed by atoms with Crippen molar-refractivity contribution in [3.63, 3.8) is 0 Å². The first-order valence-electron chi connectivity index (χ1n) is 8.09. The number of piperidine rings is 1. The van der Waals surface area contributed by atoms with Gasteiger partial charge in [0.15, 0.2) is 0 Å². The van der Waals surface area contributed by atoms with Gasteiger partial charge in [0, 0.05) is 49.2 Å². The van der Waals surface area contributed by atoms with Gasteiger partial charge >= 0.3 is 0 Å². The lowest BCUT2D eigenvalue weighted by molar-refractivity contribution is 0.196. The average molecular weight is 287 g/mol. The van der Waals surface area contributed by atoms with E-state index >= 15 is 0 Å². The summed E-state index contributed by atoms with van der Waals surface area (Å²) in [7, 11) is 0. The van der Waals surface area contributed by atoms with E-state index in [1.54, 1.807) is 0 Å². The Bertz CT molecular complexity index is 531.